The van der Waals surface area contributed by atoms with Crippen molar-refractivity contribution in [2.24, 2.45) is 11.8 Å². The molecule has 5 rings (SSSR count). The molecule has 9 nitrogen and oxygen atoms in total. The summed E-state index contributed by atoms with van der Waals surface area (Å²) in [5.74, 6) is -4.54. The van der Waals surface area contributed by atoms with Crippen LogP contribution in [0.3, 0.4) is 0 Å². The molecule has 166 valence electrons. The van der Waals surface area contributed by atoms with Crippen molar-refractivity contribution in [1.82, 2.24) is 10.2 Å². The van der Waals surface area contributed by atoms with E-state index in [0.29, 0.717) is 18.8 Å². The Hall–Kier alpha value is -3.53. The number of hydrogen-bond donors (Lipinski definition) is 1. The molecule has 1 N–H and O–H groups in total. The van der Waals surface area contributed by atoms with Crippen molar-refractivity contribution in [3.8, 4) is 0 Å². The zero-order chi connectivity index (χ0) is 22.6. The zero-order valence-electron chi connectivity index (χ0n) is 17.1. The Labute approximate surface area is 182 Å². The minimum absolute atomic E-state index is 0.199. The smallest absolute Gasteiger partial charge is 0.307 e. The van der Waals surface area contributed by atoms with Gasteiger partial charge in [-0.05, 0) is 36.4 Å². The van der Waals surface area contributed by atoms with Crippen LogP contribution < -0.4 is 10.2 Å². The van der Waals surface area contributed by atoms with Crippen LogP contribution in [0.25, 0.3) is 0 Å². The van der Waals surface area contributed by atoms with Crippen LogP contribution in [0, 0.1) is 17.7 Å². The van der Waals surface area contributed by atoms with Crippen LogP contribution in [0.4, 0.5) is 10.1 Å². The molecular weight excluding hydrogens is 421 g/mol. The molecular formula is C22H20FN3O6. The van der Waals surface area contributed by atoms with Crippen molar-refractivity contribution in [2.45, 2.75) is 18.0 Å². The van der Waals surface area contributed by atoms with Crippen molar-refractivity contribution < 1.29 is 32.7 Å². The van der Waals surface area contributed by atoms with E-state index in [9.17, 15) is 23.6 Å². The second-order valence-corrected chi connectivity index (χ2v) is 8.08. The van der Waals surface area contributed by atoms with E-state index in [1.165, 1.54) is 25.5 Å². The van der Waals surface area contributed by atoms with Crippen LogP contribution in [0.15, 0.2) is 47.1 Å². The van der Waals surface area contributed by atoms with Gasteiger partial charge in [0.15, 0.2) is 0 Å². The maximum absolute atomic E-state index is 13.7. The quantitative estimate of drug-likeness (QED) is 0.557. The Bertz CT molecular complexity index is 1100. The zero-order valence-corrected chi connectivity index (χ0v) is 17.1. The number of nitrogens with one attached hydrogen (secondary N) is 1. The minimum Gasteiger partial charge on any atom is -0.469 e. The Morgan fingerprint density at radius 3 is 2.62 bits per heavy atom. The molecule has 3 saturated heterocycles. The molecule has 1 aromatic heterocycles. The van der Waals surface area contributed by atoms with Gasteiger partial charge in [-0.25, -0.2) is 9.29 Å². The van der Waals surface area contributed by atoms with Gasteiger partial charge < -0.3 is 14.5 Å². The third-order valence-corrected chi connectivity index (χ3v) is 6.65. The van der Waals surface area contributed by atoms with Gasteiger partial charge in [0.2, 0.25) is 17.7 Å². The van der Waals surface area contributed by atoms with Crippen molar-refractivity contribution in [3.63, 3.8) is 0 Å². The molecule has 4 atom stereocenters. The highest BCUT2D eigenvalue weighted by Crippen LogP contribution is 2.57. The summed E-state index contributed by atoms with van der Waals surface area (Å²) in [5.41, 5.74) is -1.42. The van der Waals surface area contributed by atoms with E-state index in [0.717, 1.165) is 17.0 Å². The van der Waals surface area contributed by atoms with Gasteiger partial charge in [0, 0.05) is 13.1 Å². The lowest BCUT2D eigenvalue weighted by Crippen LogP contribution is -2.67. The van der Waals surface area contributed by atoms with Gasteiger partial charge >= 0.3 is 5.97 Å². The first kappa shape index (κ1) is 20.4. The first-order valence-electron chi connectivity index (χ1n) is 10.2. The number of piperazine rings is 1. The molecule has 0 saturated carbocycles. The lowest BCUT2D eigenvalue weighted by Gasteiger charge is -2.44. The van der Waals surface area contributed by atoms with Crippen molar-refractivity contribution in [2.75, 3.05) is 25.1 Å². The van der Waals surface area contributed by atoms with Gasteiger partial charge in [-0.2, -0.15) is 0 Å². The van der Waals surface area contributed by atoms with Crippen LogP contribution in [-0.4, -0.2) is 54.3 Å². The molecule has 10 heteroatoms. The highest BCUT2D eigenvalue weighted by Gasteiger charge is 2.73. The summed E-state index contributed by atoms with van der Waals surface area (Å²) in [6, 6.07) is 7.58. The predicted molar refractivity (Wildman–Crippen MR) is 106 cm³/mol. The number of benzene rings is 1. The number of furan rings is 1. The van der Waals surface area contributed by atoms with Gasteiger partial charge in [0.1, 0.15) is 17.1 Å². The number of carbonyl (C=O) groups is 4. The van der Waals surface area contributed by atoms with Crippen LogP contribution in [0.1, 0.15) is 18.2 Å². The summed E-state index contributed by atoms with van der Waals surface area (Å²) in [4.78, 5) is 55.8. The third-order valence-electron chi connectivity index (χ3n) is 6.65. The SMILES string of the molecule is COC(=O)C[C@]12C(=O)NCCN1[C@H](c1ccco1)[C@@H]1C(=O)N(c3ccc(F)cc3)C(=O)[C@@H]12. The fourth-order valence-corrected chi connectivity index (χ4v) is 5.40. The summed E-state index contributed by atoms with van der Waals surface area (Å²) in [6.45, 7) is 0.612. The number of esters is 1. The molecule has 2 aromatic rings. The summed E-state index contributed by atoms with van der Waals surface area (Å²) >= 11 is 0. The maximum Gasteiger partial charge on any atom is 0.307 e. The molecule has 1 aromatic carbocycles. The number of halogens is 1. The van der Waals surface area contributed by atoms with Gasteiger partial charge in [0.05, 0.1) is 43.4 Å². The average Bonchev–Trinajstić information content (AvgIpc) is 3.46. The van der Waals surface area contributed by atoms with Gasteiger partial charge in [-0.15, -0.1) is 0 Å². The number of imide groups is 1. The predicted octanol–water partition coefficient (Wildman–Crippen LogP) is 1.01. The fourth-order valence-electron chi connectivity index (χ4n) is 5.40. The number of fused-ring (bicyclic) bond motifs is 3. The first-order valence-corrected chi connectivity index (χ1v) is 10.2. The maximum atomic E-state index is 13.7. The number of carbonyl (C=O) groups excluding carboxylic acids is 4. The fraction of sp³-hybridized carbons (Fsp3) is 0.364. The number of rotatable bonds is 4. The average molecular weight is 441 g/mol. The van der Waals surface area contributed by atoms with Crippen LogP contribution in [-0.2, 0) is 23.9 Å². The largest absolute Gasteiger partial charge is 0.469 e. The molecule has 3 fully saturated rings. The Morgan fingerprint density at radius 1 is 1.22 bits per heavy atom. The topological polar surface area (TPSA) is 109 Å². The van der Waals surface area contributed by atoms with Crippen molar-refractivity contribution in [3.05, 3.63) is 54.2 Å². The summed E-state index contributed by atoms with van der Waals surface area (Å²) < 4.78 is 23.9. The monoisotopic (exact) mass is 441 g/mol. The Morgan fingerprint density at radius 2 is 1.97 bits per heavy atom. The number of hydrogen-bond acceptors (Lipinski definition) is 7. The summed E-state index contributed by atoms with van der Waals surface area (Å²) in [7, 11) is 1.20. The van der Waals surface area contributed by atoms with Crippen LogP contribution in [0.2, 0.25) is 0 Å². The summed E-state index contributed by atoms with van der Waals surface area (Å²) in [5, 5.41) is 2.75. The molecule has 0 spiro atoms. The molecule has 32 heavy (non-hydrogen) atoms. The molecule has 0 aliphatic carbocycles. The molecule has 0 bridgehead atoms. The van der Waals surface area contributed by atoms with Gasteiger partial charge in [0.25, 0.3) is 0 Å². The number of anilines is 1. The number of ether oxygens (including phenoxy) is 1. The minimum atomic E-state index is -1.62. The highest BCUT2D eigenvalue weighted by atomic mass is 19.1. The van der Waals surface area contributed by atoms with E-state index >= 15 is 0 Å². The number of methoxy groups -OCH3 is 1. The number of nitrogens with zero attached hydrogens (tertiary/aromatic N) is 2. The lowest BCUT2D eigenvalue weighted by molar-refractivity contribution is -0.154. The standard InChI is InChI=1S/C22H20FN3O6/c1-31-15(27)11-22-17-16(19(28)26(20(17)29)13-6-4-12(23)5-7-13)18(14-3-2-10-32-14)25(22)9-8-24-21(22)30/h2-7,10,16-18H,8-9,11H2,1H3,(H,24,30)/t16-,17-,18-,22+/m1/s1. The van der Waals surface area contributed by atoms with Gasteiger partial charge in [-0.3, -0.25) is 24.1 Å². The lowest BCUT2D eigenvalue weighted by atomic mass is 9.76. The molecule has 3 aliphatic heterocycles. The molecule has 3 aliphatic rings. The van der Waals surface area contributed by atoms with E-state index in [-0.39, 0.29) is 5.69 Å². The van der Waals surface area contributed by atoms with E-state index in [1.807, 2.05) is 0 Å². The second-order valence-electron chi connectivity index (χ2n) is 8.08. The third kappa shape index (κ3) is 2.65. The van der Waals surface area contributed by atoms with E-state index in [4.69, 9.17) is 9.15 Å². The van der Waals surface area contributed by atoms with Crippen molar-refractivity contribution >= 4 is 29.4 Å². The molecule has 0 unspecified atom stereocenters. The summed E-state index contributed by atoms with van der Waals surface area (Å²) in [6.07, 6.45) is 1.05. The first-order chi connectivity index (χ1) is 15.4. The van der Waals surface area contributed by atoms with E-state index < -0.39 is 59.3 Å². The Balaban J connectivity index is 1.69. The van der Waals surface area contributed by atoms with Crippen LogP contribution in [0.5, 0.6) is 0 Å². The molecule has 3 amide bonds. The molecule has 0 radical (unpaired) electrons. The second kappa shape index (κ2) is 7.27. The van der Waals surface area contributed by atoms with E-state index in [2.05, 4.69) is 5.32 Å². The van der Waals surface area contributed by atoms with Gasteiger partial charge in [-0.1, -0.05) is 0 Å². The highest BCUT2D eigenvalue weighted by molar-refractivity contribution is 6.24. The number of amides is 3. The van der Waals surface area contributed by atoms with E-state index in [1.54, 1.807) is 17.0 Å². The van der Waals surface area contributed by atoms with Crippen molar-refractivity contribution in [1.29, 1.82) is 0 Å². The Kier molecular flexibility index (Phi) is 4.63. The van der Waals surface area contributed by atoms with Crippen LogP contribution >= 0.6 is 0 Å². The normalized spacial score (nSPS) is 29.6. The molecule has 4 heterocycles.